The number of ether oxygens (including phenoxy) is 1. The first-order chi connectivity index (χ1) is 12.2. The summed E-state index contributed by atoms with van der Waals surface area (Å²) < 4.78 is 5.99. The van der Waals surface area contributed by atoms with Crippen molar-refractivity contribution in [1.29, 1.82) is 0 Å². The van der Waals surface area contributed by atoms with Crippen LogP contribution in [0, 0.1) is 0 Å². The summed E-state index contributed by atoms with van der Waals surface area (Å²) in [6.07, 6.45) is 4.40. The molecule has 2 heterocycles. The Hall–Kier alpha value is -2.29. The summed E-state index contributed by atoms with van der Waals surface area (Å²) in [6.45, 7) is 4.67. The third-order valence-electron chi connectivity index (χ3n) is 5.51. The van der Waals surface area contributed by atoms with Crippen LogP contribution >= 0.6 is 0 Å². The smallest absolute Gasteiger partial charge is 0.253 e. The fourth-order valence-corrected chi connectivity index (χ4v) is 4.06. The molecule has 0 saturated carbocycles. The van der Waals surface area contributed by atoms with Crippen LogP contribution in [0.3, 0.4) is 0 Å². The lowest BCUT2D eigenvalue weighted by Gasteiger charge is -2.27. The van der Waals surface area contributed by atoms with Gasteiger partial charge in [0.1, 0.15) is 5.75 Å². The van der Waals surface area contributed by atoms with Gasteiger partial charge in [-0.3, -0.25) is 4.79 Å². The summed E-state index contributed by atoms with van der Waals surface area (Å²) >= 11 is 0. The number of benzene rings is 2. The van der Waals surface area contributed by atoms with Crippen molar-refractivity contribution >= 4 is 5.91 Å². The van der Waals surface area contributed by atoms with Gasteiger partial charge in [0.05, 0.1) is 6.61 Å². The Balaban J connectivity index is 1.56. The van der Waals surface area contributed by atoms with Crippen molar-refractivity contribution in [3.05, 3.63) is 65.2 Å². The van der Waals surface area contributed by atoms with E-state index in [2.05, 4.69) is 37.3 Å². The average Bonchev–Trinajstić information content (AvgIpc) is 2.99. The maximum Gasteiger partial charge on any atom is 0.253 e. The van der Waals surface area contributed by atoms with Gasteiger partial charge in [-0.2, -0.15) is 0 Å². The third-order valence-corrected chi connectivity index (χ3v) is 5.51. The highest BCUT2D eigenvalue weighted by Crippen LogP contribution is 2.41. The number of hydrogen-bond acceptors (Lipinski definition) is 2. The summed E-state index contributed by atoms with van der Waals surface area (Å²) in [5, 5.41) is 0. The Bertz CT molecular complexity index is 765. The fourth-order valence-electron chi connectivity index (χ4n) is 4.06. The molecule has 2 aromatic carbocycles. The quantitative estimate of drug-likeness (QED) is 0.841. The molecule has 0 spiro atoms. The first-order valence-corrected chi connectivity index (χ1v) is 9.26. The first kappa shape index (κ1) is 16.2. The molecule has 0 N–H and O–H groups in total. The van der Waals surface area contributed by atoms with Crippen molar-refractivity contribution in [1.82, 2.24) is 4.90 Å². The van der Waals surface area contributed by atoms with Gasteiger partial charge in [-0.05, 0) is 43.4 Å². The number of fused-ring (bicyclic) bond motifs is 1. The van der Waals surface area contributed by atoms with Crippen molar-refractivity contribution < 1.29 is 9.53 Å². The fraction of sp³-hybridized carbons (Fsp3) is 0.409. The lowest BCUT2D eigenvalue weighted by Crippen LogP contribution is -2.35. The number of rotatable bonds is 3. The van der Waals surface area contributed by atoms with E-state index in [1.807, 2.05) is 23.1 Å². The monoisotopic (exact) mass is 335 g/mol. The summed E-state index contributed by atoms with van der Waals surface area (Å²) in [4.78, 5) is 14.7. The molecule has 2 aromatic rings. The normalized spacial score (nSPS) is 22.4. The highest BCUT2D eigenvalue weighted by atomic mass is 16.5. The van der Waals surface area contributed by atoms with Crippen LogP contribution < -0.4 is 4.74 Å². The van der Waals surface area contributed by atoms with Gasteiger partial charge in [0, 0.05) is 29.6 Å². The molecule has 1 fully saturated rings. The predicted molar refractivity (Wildman–Crippen MR) is 99.2 cm³/mol. The van der Waals surface area contributed by atoms with Gasteiger partial charge >= 0.3 is 0 Å². The van der Waals surface area contributed by atoms with Crippen LogP contribution in [0.15, 0.2) is 48.5 Å². The molecule has 0 bridgehead atoms. The molecular weight excluding hydrogens is 310 g/mol. The molecule has 1 atom stereocenters. The Morgan fingerprint density at radius 3 is 2.60 bits per heavy atom. The van der Waals surface area contributed by atoms with Gasteiger partial charge in [0.15, 0.2) is 0 Å². The molecule has 1 saturated heterocycles. The zero-order valence-corrected chi connectivity index (χ0v) is 14.8. The number of likely N-dealkylation sites (tertiary alicyclic amines) is 1. The van der Waals surface area contributed by atoms with Crippen LogP contribution in [-0.4, -0.2) is 30.5 Å². The molecule has 0 radical (unpaired) electrons. The standard InChI is InChI=1S/C22H25NO2/c1-22(15-17-8-4-2-5-9-17)16-25-20-14-18(10-11-19(20)22)21(24)23-12-6-3-7-13-23/h2,4-5,8-11,14H,3,6-7,12-13,15-16H2,1H3. The maximum absolute atomic E-state index is 12.7. The van der Waals surface area contributed by atoms with Crippen molar-refractivity contribution in [2.24, 2.45) is 0 Å². The summed E-state index contributed by atoms with van der Waals surface area (Å²) in [6, 6.07) is 16.6. The second-order valence-corrected chi connectivity index (χ2v) is 7.58. The molecule has 2 aliphatic rings. The SMILES string of the molecule is CC1(Cc2ccccc2)COc2cc(C(=O)N3CCCCC3)ccc21. The Kier molecular flexibility index (Phi) is 4.24. The number of hydrogen-bond donors (Lipinski definition) is 0. The molecule has 130 valence electrons. The van der Waals surface area contributed by atoms with Gasteiger partial charge in [-0.15, -0.1) is 0 Å². The highest BCUT2D eigenvalue weighted by Gasteiger charge is 2.37. The molecule has 3 nitrogen and oxygen atoms in total. The average molecular weight is 335 g/mol. The van der Waals surface area contributed by atoms with Crippen LogP contribution in [0.5, 0.6) is 5.75 Å². The predicted octanol–water partition coefficient (Wildman–Crippen LogP) is 4.21. The first-order valence-electron chi connectivity index (χ1n) is 9.26. The van der Waals surface area contributed by atoms with Crippen LogP contribution in [0.4, 0.5) is 0 Å². The number of carbonyl (C=O) groups is 1. The van der Waals surface area contributed by atoms with Gasteiger partial charge < -0.3 is 9.64 Å². The zero-order valence-electron chi connectivity index (χ0n) is 14.8. The Morgan fingerprint density at radius 1 is 1.08 bits per heavy atom. The number of amides is 1. The number of carbonyl (C=O) groups excluding carboxylic acids is 1. The molecule has 0 aromatic heterocycles. The van der Waals surface area contributed by atoms with E-state index < -0.39 is 0 Å². The van der Waals surface area contributed by atoms with Crippen molar-refractivity contribution in [3.63, 3.8) is 0 Å². The second-order valence-electron chi connectivity index (χ2n) is 7.58. The van der Waals surface area contributed by atoms with E-state index in [9.17, 15) is 4.79 Å². The van der Waals surface area contributed by atoms with E-state index in [1.165, 1.54) is 17.5 Å². The molecule has 1 amide bonds. The Labute approximate surface area is 149 Å². The molecule has 1 unspecified atom stereocenters. The van der Waals surface area contributed by atoms with Crippen molar-refractivity contribution in [2.45, 2.75) is 38.0 Å². The topological polar surface area (TPSA) is 29.5 Å². The molecule has 25 heavy (non-hydrogen) atoms. The largest absolute Gasteiger partial charge is 0.492 e. The zero-order chi connectivity index (χ0) is 17.3. The summed E-state index contributed by atoms with van der Waals surface area (Å²) in [5.41, 5.74) is 3.25. The Morgan fingerprint density at radius 2 is 1.84 bits per heavy atom. The van der Waals surface area contributed by atoms with Gasteiger partial charge in [-0.1, -0.05) is 43.3 Å². The van der Waals surface area contributed by atoms with Gasteiger partial charge in [-0.25, -0.2) is 0 Å². The number of piperidine rings is 1. The van der Waals surface area contributed by atoms with Crippen molar-refractivity contribution in [2.75, 3.05) is 19.7 Å². The summed E-state index contributed by atoms with van der Waals surface area (Å²) in [7, 11) is 0. The van der Waals surface area contributed by atoms with Gasteiger partial charge in [0.2, 0.25) is 0 Å². The van der Waals surface area contributed by atoms with Gasteiger partial charge in [0.25, 0.3) is 5.91 Å². The minimum atomic E-state index is -0.0383. The second kappa shape index (κ2) is 6.55. The van der Waals surface area contributed by atoms with Crippen molar-refractivity contribution in [3.8, 4) is 5.75 Å². The maximum atomic E-state index is 12.7. The van der Waals surface area contributed by atoms with E-state index in [0.29, 0.717) is 6.61 Å². The van der Waals surface area contributed by atoms with Crippen LogP contribution in [-0.2, 0) is 11.8 Å². The number of nitrogens with zero attached hydrogens (tertiary/aromatic N) is 1. The lowest BCUT2D eigenvalue weighted by molar-refractivity contribution is 0.0724. The minimum Gasteiger partial charge on any atom is -0.492 e. The van der Waals surface area contributed by atoms with E-state index in [-0.39, 0.29) is 11.3 Å². The molecular formula is C22H25NO2. The van der Waals surface area contributed by atoms with Crippen LogP contribution in [0.2, 0.25) is 0 Å². The summed E-state index contributed by atoms with van der Waals surface area (Å²) in [5.74, 6) is 1.02. The van der Waals surface area contributed by atoms with E-state index in [0.717, 1.165) is 43.7 Å². The molecule has 4 rings (SSSR count). The molecule has 3 heteroatoms. The van der Waals surface area contributed by atoms with Crippen LogP contribution in [0.25, 0.3) is 0 Å². The van der Waals surface area contributed by atoms with E-state index >= 15 is 0 Å². The third kappa shape index (κ3) is 3.15. The molecule has 2 aliphatic heterocycles. The van der Waals surface area contributed by atoms with Crippen LogP contribution in [0.1, 0.15) is 47.7 Å². The van der Waals surface area contributed by atoms with E-state index in [1.54, 1.807) is 0 Å². The van der Waals surface area contributed by atoms with E-state index in [4.69, 9.17) is 4.74 Å². The minimum absolute atomic E-state index is 0.0383. The lowest BCUT2D eigenvalue weighted by atomic mass is 9.79. The highest BCUT2D eigenvalue weighted by molar-refractivity contribution is 5.95. The molecule has 0 aliphatic carbocycles.